The Morgan fingerprint density at radius 3 is 2.19 bits per heavy atom. The molecule has 1 heterocycles. The van der Waals surface area contributed by atoms with Crippen LogP contribution in [0.5, 0.6) is 0 Å². The van der Waals surface area contributed by atoms with Crippen molar-refractivity contribution in [1.29, 1.82) is 0 Å². The van der Waals surface area contributed by atoms with Gasteiger partial charge in [0.05, 0.1) is 33.7 Å². The lowest BCUT2D eigenvalue weighted by Gasteiger charge is -2.27. The van der Waals surface area contributed by atoms with E-state index in [0.29, 0.717) is 21.3 Å². The van der Waals surface area contributed by atoms with Crippen LogP contribution in [-0.2, 0) is 19.1 Å². The van der Waals surface area contributed by atoms with E-state index in [9.17, 15) is 9.59 Å². The van der Waals surface area contributed by atoms with Gasteiger partial charge >= 0.3 is 11.9 Å². The Morgan fingerprint density at radius 1 is 1.04 bits per heavy atom. The van der Waals surface area contributed by atoms with Crippen LogP contribution in [0.25, 0.3) is 0 Å². The van der Waals surface area contributed by atoms with Crippen LogP contribution >= 0.6 is 23.2 Å². The van der Waals surface area contributed by atoms with E-state index in [1.165, 1.54) is 0 Å². The van der Waals surface area contributed by atoms with Gasteiger partial charge in [-0.05, 0) is 52.3 Å². The molecule has 0 aliphatic carbocycles. The number of benzene rings is 1. The monoisotopic (exact) mass is 412 g/mol. The molecule has 0 spiro atoms. The number of allylic oxidation sites excluding steroid dienone is 1. The Balaban J connectivity index is 2.57. The largest absolute Gasteiger partial charge is 0.460 e. The summed E-state index contributed by atoms with van der Waals surface area (Å²) in [6, 6.07) is 4.90. The summed E-state index contributed by atoms with van der Waals surface area (Å²) in [6.45, 7) is 8.66. The number of carbonyl (C=O) groups is 2. The molecule has 1 aromatic rings. The minimum Gasteiger partial charge on any atom is -0.460 e. The SMILES string of the molecule is CC1=C(C(=O)OC(C)C)C(c2ccc(Cl)c(Cl)c2)C(C(=O)OC(C)C)=NN1. The maximum Gasteiger partial charge on any atom is 0.355 e. The van der Waals surface area contributed by atoms with Crippen molar-refractivity contribution < 1.29 is 19.1 Å². The average Bonchev–Trinajstić information content (AvgIpc) is 2.55. The fraction of sp³-hybridized carbons (Fsp3) is 0.421. The number of hydrogen-bond acceptors (Lipinski definition) is 6. The molecule has 0 fully saturated rings. The fourth-order valence-electron chi connectivity index (χ4n) is 2.63. The molecule has 0 radical (unpaired) electrons. The summed E-state index contributed by atoms with van der Waals surface area (Å²) in [6.07, 6.45) is -0.662. The molecule has 8 heteroatoms. The zero-order valence-electron chi connectivity index (χ0n) is 15.8. The fourth-order valence-corrected chi connectivity index (χ4v) is 2.93. The number of carbonyl (C=O) groups excluding carboxylic acids is 2. The standard InChI is InChI=1S/C19H22Cl2N2O4/c1-9(2)26-18(24)15-11(5)22-23-17(19(25)27-10(3)4)16(15)12-6-7-13(20)14(21)8-12/h6-10,16,22H,1-5H3. The third kappa shape index (κ3) is 5.02. The summed E-state index contributed by atoms with van der Waals surface area (Å²) in [5.41, 5.74) is 4.11. The lowest BCUT2D eigenvalue weighted by Crippen LogP contribution is -2.37. The van der Waals surface area contributed by atoms with Crippen molar-refractivity contribution in [2.45, 2.75) is 52.7 Å². The first-order valence-corrected chi connectivity index (χ1v) is 9.28. The van der Waals surface area contributed by atoms with Crippen molar-refractivity contribution >= 4 is 40.9 Å². The smallest absolute Gasteiger partial charge is 0.355 e. The van der Waals surface area contributed by atoms with Crippen molar-refractivity contribution in [3.05, 3.63) is 45.1 Å². The van der Waals surface area contributed by atoms with Gasteiger partial charge in [-0.3, -0.25) is 5.43 Å². The summed E-state index contributed by atoms with van der Waals surface area (Å²) < 4.78 is 10.7. The molecule has 1 N–H and O–H groups in total. The van der Waals surface area contributed by atoms with Gasteiger partial charge in [-0.1, -0.05) is 29.3 Å². The molecular formula is C19H22Cl2N2O4. The second-order valence-electron chi connectivity index (χ2n) is 6.66. The van der Waals surface area contributed by atoms with Crippen molar-refractivity contribution in [2.24, 2.45) is 5.10 Å². The van der Waals surface area contributed by atoms with Crippen molar-refractivity contribution in [2.75, 3.05) is 0 Å². The second kappa shape index (κ2) is 8.76. The molecule has 1 aliphatic heterocycles. The van der Waals surface area contributed by atoms with Crippen molar-refractivity contribution in [3.8, 4) is 0 Å². The molecule has 0 saturated carbocycles. The summed E-state index contributed by atoms with van der Waals surface area (Å²) in [5, 5.41) is 4.81. The molecule has 146 valence electrons. The normalized spacial score (nSPS) is 16.9. The number of esters is 2. The van der Waals surface area contributed by atoms with Crippen molar-refractivity contribution in [1.82, 2.24) is 5.43 Å². The summed E-state index contributed by atoms with van der Waals surface area (Å²) >= 11 is 12.2. The number of hydrogen-bond donors (Lipinski definition) is 1. The van der Waals surface area contributed by atoms with Gasteiger partial charge in [-0.15, -0.1) is 0 Å². The number of rotatable bonds is 5. The van der Waals surface area contributed by atoms with Crippen LogP contribution in [0.4, 0.5) is 0 Å². The maximum absolute atomic E-state index is 12.8. The van der Waals surface area contributed by atoms with Gasteiger partial charge in [-0.25, -0.2) is 9.59 Å². The lowest BCUT2D eigenvalue weighted by atomic mass is 9.84. The highest BCUT2D eigenvalue weighted by Crippen LogP contribution is 2.35. The quantitative estimate of drug-likeness (QED) is 0.732. The molecule has 1 aliphatic rings. The lowest BCUT2D eigenvalue weighted by molar-refractivity contribution is -0.142. The van der Waals surface area contributed by atoms with Gasteiger partial charge in [-0.2, -0.15) is 5.10 Å². The Labute approximate surface area is 168 Å². The zero-order valence-corrected chi connectivity index (χ0v) is 17.3. The minimum atomic E-state index is -0.793. The van der Waals surface area contributed by atoms with E-state index < -0.39 is 17.9 Å². The zero-order chi connectivity index (χ0) is 20.3. The molecule has 1 aromatic carbocycles. The highest BCUT2D eigenvalue weighted by molar-refractivity contribution is 6.42. The topological polar surface area (TPSA) is 77.0 Å². The maximum atomic E-state index is 12.8. The molecule has 0 amide bonds. The summed E-state index contributed by atoms with van der Waals surface area (Å²) in [7, 11) is 0. The van der Waals surface area contributed by atoms with Crippen LogP contribution in [0.15, 0.2) is 34.6 Å². The molecular weight excluding hydrogens is 391 g/mol. The van der Waals surface area contributed by atoms with E-state index in [1.807, 2.05) is 0 Å². The number of nitrogens with zero attached hydrogens (tertiary/aromatic N) is 1. The third-order valence-electron chi connectivity index (χ3n) is 3.70. The Kier molecular flexibility index (Phi) is 6.89. The van der Waals surface area contributed by atoms with Gasteiger partial charge in [0.15, 0.2) is 5.71 Å². The van der Waals surface area contributed by atoms with E-state index in [4.69, 9.17) is 32.7 Å². The first-order chi connectivity index (χ1) is 12.6. The molecule has 0 bridgehead atoms. The number of halogens is 2. The highest BCUT2D eigenvalue weighted by atomic mass is 35.5. The van der Waals surface area contributed by atoms with Gasteiger partial charge in [0.2, 0.25) is 0 Å². The Bertz CT molecular complexity index is 816. The molecule has 0 aromatic heterocycles. The van der Waals surface area contributed by atoms with Crippen LogP contribution in [0.1, 0.15) is 46.1 Å². The van der Waals surface area contributed by atoms with E-state index in [1.54, 1.807) is 52.8 Å². The van der Waals surface area contributed by atoms with Crippen LogP contribution < -0.4 is 5.43 Å². The van der Waals surface area contributed by atoms with Gasteiger partial charge < -0.3 is 9.47 Å². The number of hydrazone groups is 1. The molecule has 27 heavy (non-hydrogen) atoms. The van der Waals surface area contributed by atoms with Crippen molar-refractivity contribution in [3.63, 3.8) is 0 Å². The Hall–Kier alpha value is -2.05. The van der Waals surface area contributed by atoms with E-state index in [-0.39, 0.29) is 23.5 Å². The molecule has 1 unspecified atom stereocenters. The molecule has 1 atom stereocenters. The van der Waals surface area contributed by atoms with Crippen LogP contribution in [0.3, 0.4) is 0 Å². The summed E-state index contributed by atoms with van der Waals surface area (Å²) in [4.78, 5) is 25.4. The molecule has 2 rings (SSSR count). The van der Waals surface area contributed by atoms with E-state index in [2.05, 4.69) is 10.5 Å². The van der Waals surface area contributed by atoms with Crippen LogP contribution in [-0.4, -0.2) is 29.9 Å². The highest BCUT2D eigenvalue weighted by Gasteiger charge is 2.38. The van der Waals surface area contributed by atoms with Gasteiger partial charge in [0, 0.05) is 5.70 Å². The Morgan fingerprint density at radius 2 is 1.63 bits per heavy atom. The first kappa shape index (κ1) is 21.3. The molecule has 6 nitrogen and oxygen atoms in total. The predicted molar refractivity (Wildman–Crippen MR) is 105 cm³/mol. The predicted octanol–water partition coefficient (Wildman–Crippen LogP) is 4.21. The third-order valence-corrected chi connectivity index (χ3v) is 4.44. The molecule has 0 saturated heterocycles. The van der Waals surface area contributed by atoms with Crippen LogP contribution in [0, 0.1) is 0 Å². The number of ether oxygens (including phenoxy) is 2. The number of nitrogens with one attached hydrogen (secondary N) is 1. The first-order valence-electron chi connectivity index (χ1n) is 8.53. The van der Waals surface area contributed by atoms with E-state index in [0.717, 1.165) is 0 Å². The van der Waals surface area contributed by atoms with E-state index >= 15 is 0 Å². The summed E-state index contributed by atoms with van der Waals surface area (Å²) in [5.74, 6) is -1.97. The average molecular weight is 413 g/mol. The second-order valence-corrected chi connectivity index (χ2v) is 7.48. The van der Waals surface area contributed by atoms with Gasteiger partial charge in [0.1, 0.15) is 0 Å². The van der Waals surface area contributed by atoms with Gasteiger partial charge in [0.25, 0.3) is 0 Å². The minimum absolute atomic E-state index is 0.0448. The van der Waals surface area contributed by atoms with Crippen LogP contribution in [0.2, 0.25) is 10.0 Å².